The molecule has 0 aliphatic carbocycles. The first-order valence-corrected chi connectivity index (χ1v) is 6.13. The summed E-state index contributed by atoms with van der Waals surface area (Å²) in [6.07, 6.45) is 1.88. The van der Waals surface area contributed by atoms with Crippen LogP contribution >= 0.6 is 0 Å². The Kier molecular flexibility index (Phi) is 3.95. The largest absolute Gasteiger partial charge is 0.369 e. The third kappa shape index (κ3) is 3.08. The van der Waals surface area contributed by atoms with Gasteiger partial charge in [0, 0.05) is 19.6 Å². The maximum atomic E-state index is 5.79. The van der Waals surface area contributed by atoms with Crippen molar-refractivity contribution in [3.63, 3.8) is 0 Å². The Balaban J connectivity index is 2.07. The summed E-state index contributed by atoms with van der Waals surface area (Å²) in [7, 11) is 2.07. The molecule has 0 saturated heterocycles. The Hall–Kier alpha value is -1.87. The van der Waals surface area contributed by atoms with Crippen LogP contribution in [-0.4, -0.2) is 12.0 Å². The zero-order chi connectivity index (χ0) is 13.0. The summed E-state index contributed by atoms with van der Waals surface area (Å²) in [5, 5.41) is 0. The quantitative estimate of drug-likeness (QED) is 0.895. The van der Waals surface area contributed by atoms with Crippen molar-refractivity contribution >= 4 is 5.69 Å². The molecule has 2 rings (SSSR count). The first kappa shape index (κ1) is 12.6. The number of anilines is 1. The number of hydrogen-bond donors (Lipinski definition) is 1. The summed E-state index contributed by atoms with van der Waals surface area (Å²) < 4.78 is 0. The van der Waals surface area contributed by atoms with E-state index in [2.05, 4.69) is 47.3 Å². The van der Waals surface area contributed by atoms with Gasteiger partial charge in [0.25, 0.3) is 0 Å². The van der Waals surface area contributed by atoms with E-state index in [0.29, 0.717) is 0 Å². The van der Waals surface area contributed by atoms with Crippen molar-refractivity contribution in [3.8, 4) is 0 Å². The average molecular weight is 241 g/mol. The van der Waals surface area contributed by atoms with E-state index in [1.165, 1.54) is 5.56 Å². The number of benzene rings is 1. The van der Waals surface area contributed by atoms with Gasteiger partial charge in [0.1, 0.15) is 0 Å². The van der Waals surface area contributed by atoms with Crippen LogP contribution in [0, 0.1) is 0 Å². The Labute approximate surface area is 108 Å². The molecular weight excluding hydrogens is 222 g/mol. The molecule has 0 bridgehead atoms. The van der Waals surface area contributed by atoms with Gasteiger partial charge in [-0.25, -0.2) is 0 Å². The molecule has 18 heavy (non-hydrogen) atoms. The normalized spacial score (nSPS) is 12.2. The van der Waals surface area contributed by atoms with E-state index in [9.17, 15) is 0 Å². The smallest absolute Gasteiger partial charge is 0.0569 e. The van der Waals surface area contributed by atoms with Gasteiger partial charge in [-0.3, -0.25) is 4.98 Å². The molecule has 0 saturated carbocycles. The van der Waals surface area contributed by atoms with Crippen LogP contribution in [0.3, 0.4) is 0 Å². The molecule has 94 valence electrons. The molecule has 2 aromatic rings. The van der Waals surface area contributed by atoms with Crippen LogP contribution in [0.5, 0.6) is 0 Å². The number of nitrogens with zero attached hydrogens (tertiary/aromatic N) is 2. The third-order valence-electron chi connectivity index (χ3n) is 2.94. The minimum absolute atomic E-state index is 0.0153. The van der Waals surface area contributed by atoms with Gasteiger partial charge in [0.2, 0.25) is 0 Å². The summed E-state index contributed by atoms with van der Waals surface area (Å²) >= 11 is 0. The molecule has 0 aliphatic rings. The standard InChI is InChI=1S/C15H19N3/c1-12(16)15-9-8-14(10-17-15)18(2)11-13-6-4-3-5-7-13/h3-10,12H,11,16H2,1-2H3/t12-/m0/s1. The molecule has 1 atom stereocenters. The molecule has 2 N–H and O–H groups in total. The molecule has 0 radical (unpaired) electrons. The molecule has 1 heterocycles. The summed E-state index contributed by atoms with van der Waals surface area (Å²) in [5.41, 5.74) is 9.10. The second kappa shape index (κ2) is 5.65. The average Bonchev–Trinajstić information content (AvgIpc) is 2.40. The van der Waals surface area contributed by atoms with Gasteiger partial charge in [-0.05, 0) is 24.6 Å². The van der Waals surface area contributed by atoms with Crippen molar-refractivity contribution < 1.29 is 0 Å². The summed E-state index contributed by atoms with van der Waals surface area (Å²) in [5.74, 6) is 0. The maximum Gasteiger partial charge on any atom is 0.0569 e. The van der Waals surface area contributed by atoms with Gasteiger partial charge >= 0.3 is 0 Å². The minimum Gasteiger partial charge on any atom is -0.369 e. The lowest BCUT2D eigenvalue weighted by atomic mass is 10.2. The number of pyridine rings is 1. The molecule has 3 nitrogen and oxygen atoms in total. The molecule has 0 unspecified atom stereocenters. The van der Waals surface area contributed by atoms with Crippen LogP contribution in [0.4, 0.5) is 5.69 Å². The van der Waals surface area contributed by atoms with E-state index < -0.39 is 0 Å². The van der Waals surface area contributed by atoms with E-state index in [1.54, 1.807) is 0 Å². The highest BCUT2D eigenvalue weighted by Crippen LogP contribution is 2.16. The second-order valence-electron chi connectivity index (χ2n) is 4.57. The van der Waals surface area contributed by atoms with Crippen LogP contribution in [0.25, 0.3) is 0 Å². The Bertz CT molecular complexity index is 477. The zero-order valence-corrected chi connectivity index (χ0v) is 10.9. The monoisotopic (exact) mass is 241 g/mol. The topological polar surface area (TPSA) is 42.1 Å². The van der Waals surface area contributed by atoms with Crippen LogP contribution in [-0.2, 0) is 6.54 Å². The number of aromatic nitrogens is 1. The van der Waals surface area contributed by atoms with E-state index in [0.717, 1.165) is 17.9 Å². The summed E-state index contributed by atoms with van der Waals surface area (Å²) in [6, 6.07) is 14.4. The van der Waals surface area contributed by atoms with Gasteiger partial charge in [0.05, 0.1) is 17.6 Å². The van der Waals surface area contributed by atoms with E-state index in [4.69, 9.17) is 5.73 Å². The van der Waals surface area contributed by atoms with Crippen molar-refractivity contribution in [2.75, 3.05) is 11.9 Å². The highest BCUT2D eigenvalue weighted by molar-refractivity contribution is 5.44. The van der Waals surface area contributed by atoms with E-state index in [-0.39, 0.29) is 6.04 Å². The van der Waals surface area contributed by atoms with Crippen molar-refractivity contribution in [1.29, 1.82) is 0 Å². The van der Waals surface area contributed by atoms with Crippen molar-refractivity contribution in [1.82, 2.24) is 4.98 Å². The summed E-state index contributed by atoms with van der Waals surface area (Å²) in [6.45, 7) is 2.82. The van der Waals surface area contributed by atoms with Gasteiger partial charge in [-0.1, -0.05) is 30.3 Å². The molecule has 0 amide bonds. The lowest BCUT2D eigenvalue weighted by Crippen LogP contribution is -2.17. The molecule has 0 aliphatic heterocycles. The van der Waals surface area contributed by atoms with Crippen LogP contribution in [0.1, 0.15) is 24.2 Å². The lowest BCUT2D eigenvalue weighted by Gasteiger charge is -2.19. The highest BCUT2D eigenvalue weighted by atomic mass is 15.1. The maximum absolute atomic E-state index is 5.79. The number of nitrogens with two attached hydrogens (primary N) is 1. The van der Waals surface area contributed by atoms with Crippen molar-refractivity contribution in [2.45, 2.75) is 19.5 Å². The molecule has 0 fully saturated rings. The van der Waals surface area contributed by atoms with E-state index in [1.807, 2.05) is 25.3 Å². The Morgan fingerprint density at radius 3 is 2.44 bits per heavy atom. The van der Waals surface area contributed by atoms with Crippen LogP contribution < -0.4 is 10.6 Å². The predicted molar refractivity (Wildman–Crippen MR) is 75.4 cm³/mol. The zero-order valence-electron chi connectivity index (χ0n) is 10.9. The second-order valence-corrected chi connectivity index (χ2v) is 4.57. The molecule has 1 aromatic heterocycles. The van der Waals surface area contributed by atoms with Crippen LogP contribution in [0.2, 0.25) is 0 Å². The van der Waals surface area contributed by atoms with E-state index >= 15 is 0 Å². The molecular formula is C15H19N3. The van der Waals surface area contributed by atoms with Gasteiger partial charge < -0.3 is 10.6 Å². The number of hydrogen-bond acceptors (Lipinski definition) is 3. The summed E-state index contributed by atoms with van der Waals surface area (Å²) in [4.78, 5) is 6.55. The van der Waals surface area contributed by atoms with Crippen LogP contribution in [0.15, 0.2) is 48.7 Å². The molecule has 1 aromatic carbocycles. The number of rotatable bonds is 4. The Morgan fingerprint density at radius 1 is 1.17 bits per heavy atom. The molecule has 3 heteroatoms. The fourth-order valence-electron chi connectivity index (χ4n) is 1.84. The first-order valence-electron chi connectivity index (χ1n) is 6.13. The predicted octanol–water partition coefficient (Wildman–Crippen LogP) is 2.74. The SMILES string of the molecule is C[C@H](N)c1ccc(N(C)Cc2ccccc2)cn1. The van der Waals surface area contributed by atoms with Gasteiger partial charge in [-0.2, -0.15) is 0 Å². The minimum atomic E-state index is -0.0153. The van der Waals surface area contributed by atoms with Crippen molar-refractivity contribution in [2.24, 2.45) is 5.73 Å². The molecule has 0 spiro atoms. The third-order valence-corrected chi connectivity index (χ3v) is 2.94. The van der Waals surface area contributed by atoms with Gasteiger partial charge in [0.15, 0.2) is 0 Å². The first-order chi connectivity index (χ1) is 8.66. The fourth-order valence-corrected chi connectivity index (χ4v) is 1.84. The Morgan fingerprint density at radius 2 is 1.89 bits per heavy atom. The van der Waals surface area contributed by atoms with Crippen molar-refractivity contribution in [3.05, 3.63) is 59.9 Å². The fraction of sp³-hybridized carbons (Fsp3) is 0.267. The highest BCUT2D eigenvalue weighted by Gasteiger charge is 2.04. The van der Waals surface area contributed by atoms with Gasteiger partial charge in [-0.15, -0.1) is 0 Å². The lowest BCUT2D eigenvalue weighted by molar-refractivity contribution is 0.779.